The molecule has 166 valence electrons. The van der Waals surface area contributed by atoms with E-state index in [1.54, 1.807) is 17.8 Å². The van der Waals surface area contributed by atoms with Crippen LogP contribution in [0.1, 0.15) is 18.4 Å². The van der Waals surface area contributed by atoms with Crippen LogP contribution in [-0.2, 0) is 15.0 Å². The highest BCUT2D eigenvalue weighted by atomic mass is 32.2. The molecule has 0 amide bonds. The molecule has 4 atom stereocenters. The van der Waals surface area contributed by atoms with E-state index in [0.29, 0.717) is 17.9 Å². The first-order valence-electron chi connectivity index (χ1n) is 9.81. The molecule has 32 heavy (non-hydrogen) atoms. The van der Waals surface area contributed by atoms with Gasteiger partial charge in [-0.25, -0.2) is 4.58 Å². The summed E-state index contributed by atoms with van der Waals surface area (Å²) in [5, 5.41) is 36.5. The molecule has 3 bridgehead atoms. The second-order valence-electron chi connectivity index (χ2n) is 8.41. The molecule has 5 heterocycles. The summed E-state index contributed by atoms with van der Waals surface area (Å²) in [5.41, 5.74) is 2.82. The first kappa shape index (κ1) is 19.8. The molecule has 0 aromatic heterocycles. The molecule has 1 fully saturated rings. The number of nitrogens with zero attached hydrogens (tertiary/aromatic N) is 2. The second-order valence-corrected chi connectivity index (χ2v) is 9.65. The lowest BCUT2D eigenvalue weighted by Crippen LogP contribution is -2.70. The van der Waals surface area contributed by atoms with Crippen LogP contribution in [0.4, 0.5) is 24.5 Å². The van der Waals surface area contributed by atoms with E-state index < -0.39 is 29.7 Å². The molecular formula is C20H14F3N3O5S. The Bertz CT molecular complexity index is 1350. The van der Waals surface area contributed by atoms with Gasteiger partial charge in [-0.15, -0.1) is 11.8 Å². The van der Waals surface area contributed by atoms with Gasteiger partial charge in [-0.2, -0.15) is 13.2 Å². The molecule has 6 aliphatic rings. The fourth-order valence-electron chi connectivity index (χ4n) is 5.73. The Morgan fingerprint density at radius 3 is 2.81 bits per heavy atom. The zero-order chi connectivity index (χ0) is 22.7. The summed E-state index contributed by atoms with van der Waals surface area (Å²) < 4.78 is 33.6. The number of hydrogen-bond donors (Lipinski definition) is 3. The smallest absolute Gasteiger partial charge is 0.430 e. The molecule has 0 radical (unpaired) electrons. The number of ketones is 1. The number of aliphatic hydroxyl groups excluding tert-OH is 1. The number of fused-ring (bicyclic) bond motifs is 3. The Morgan fingerprint density at radius 1 is 1.41 bits per heavy atom. The summed E-state index contributed by atoms with van der Waals surface area (Å²) in [4.78, 5) is 27.0. The van der Waals surface area contributed by atoms with Gasteiger partial charge in [0, 0.05) is 17.5 Å². The average molecular weight is 465 g/mol. The van der Waals surface area contributed by atoms with E-state index in [1.807, 2.05) is 6.21 Å². The molecule has 5 aliphatic heterocycles. The van der Waals surface area contributed by atoms with Crippen LogP contribution in [0.5, 0.6) is 5.75 Å². The SMILES string of the molecule is O=C([O-])C(F)(F)F.O=C1C=C2S[C@H]3C[C@]24c2c(c(O)c5c6c2=[N+](CCC=6C=N5)[C@H]1[C@H]4O)N3. The van der Waals surface area contributed by atoms with Crippen LogP contribution in [0.3, 0.4) is 0 Å². The molecule has 12 heteroatoms. The molecular weight excluding hydrogens is 451 g/mol. The van der Waals surface area contributed by atoms with Crippen molar-refractivity contribution < 1.29 is 38.1 Å². The highest BCUT2D eigenvalue weighted by Gasteiger charge is 2.66. The van der Waals surface area contributed by atoms with Crippen molar-refractivity contribution in [2.75, 3.05) is 11.9 Å². The van der Waals surface area contributed by atoms with Gasteiger partial charge < -0.3 is 25.4 Å². The number of carboxylic acid groups (broad SMARTS) is 1. The predicted octanol–water partition coefficient (Wildman–Crippen LogP) is -1.21. The van der Waals surface area contributed by atoms with E-state index in [-0.39, 0.29) is 16.9 Å². The van der Waals surface area contributed by atoms with Crippen molar-refractivity contribution >= 4 is 46.7 Å². The number of nitrogens with one attached hydrogen (secondary N) is 1. The number of phenols is 1. The number of aliphatic carboxylic acids is 1. The van der Waals surface area contributed by atoms with Crippen LogP contribution >= 0.6 is 11.8 Å². The molecule has 1 saturated heterocycles. The summed E-state index contributed by atoms with van der Waals surface area (Å²) >= 11 is 1.61. The van der Waals surface area contributed by atoms with Crippen LogP contribution in [0.15, 0.2) is 16.0 Å². The first-order valence-corrected chi connectivity index (χ1v) is 10.7. The molecule has 0 unspecified atom stereocenters. The number of halogens is 3. The maximum absolute atomic E-state index is 12.8. The third-order valence-electron chi connectivity index (χ3n) is 6.91. The summed E-state index contributed by atoms with van der Waals surface area (Å²) in [6.45, 7) is 0.689. The van der Waals surface area contributed by atoms with Gasteiger partial charge in [0.1, 0.15) is 24.3 Å². The molecule has 8 nitrogen and oxygen atoms in total. The topological polar surface area (TPSA) is 125 Å². The fourth-order valence-corrected chi connectivity index (χ4v) is 7.26. The van der Waals surface area contributed by atoms with Crippen LogP contribution in [0.2, 0.25) is 0 Å². The van der Waals surface area contributed by atoms with Gasteiger partial charge in [-0.1, -0.05) is 0 Å². The van der Waals surface area contributed by atoms with E-state index in [4.69, 9.17) is 9.90 Å². The van der Waals surface area contributed by atoms with Crippen molar-refractivity contribution in [2.45, 2.75) is 42.0 Å². The number of aliphatic hydroxyl groups is 1. The number of aromatic hydroxyl groups is 1. The number of rotatable bonds is 0. The lowest BCUT2D eigenvalue weighted by Gasteiger charge is -2.45. The number of carbonyl (C=O) groups is 2. The molecule has 3 N–H and O–H groups in total. The number of phenolic OH excluding ortho intramolecular Hbond substituents is 1. The summed E-state index contributed by atoms with van der Waals surface area (Å²) in [7, 11) is 0. The zero-order valence-electron chi connectivity index (χ0n) is 16.1. The maximum atomic E-state index is 12.8. The monoisotopic (exact) mass is 465 g/mol. The second kappa shape index (κ2) is 5.93. The van der Waals surface area contributed by atoms with E-state index in [9.17, 15) is 28.2 Å². The quantitative estimate of drug-likeness (QED) is 0.324. The summed E-state index contributed by atoms with van der Waals surface area (Å²) in [6.07, 6.45) is -0.870. The van der Waals surface area contributed by atoms with Gasteiger partial charge in [0.15, 0.2) is 5.75 Å². The number of benzene rings is 1. The number of anilines is 1. The van der Waals surface area contributed by atoms with E-state index in [0.717, 1.165) is 39.5 Å². The highest BCUT2D eigenvalue weighted by Crippen LogP contribution is 2.62. The van der Waals surface area contributed by atoms with Crippen molar-refractivity contribution in [1.29, 1.82) is 0 Å². The Kier molecular flexibility index (Phi) is 3.67. The molecule has 1 aliphatic carbocycles. The van der Waals surface area contributed by atoms with E-state index in [2.05, 4.69) is 14.9 Å². The fraction of sp³-hybridized carbons (Fsp3) is 0.400. The standard InChI is InChI=1S/C18H13N3O3S.C2HF3O2/c22-7-3-8-18-4-9(25-8)20-13-11(18)15-10-6(5-19-12(10)16(13)23)1-2-21(15)14(7)17(18)24;3-2(4,5)1(6)7/h3,5,9,14,17,24H,1-2,4H2,(H,19,20,23);(H,6,7)/t9-,14+,17+,18+;/m0./s1. The summed E-state index contributed by atoms with van der Waals surface area (Å²) in [6, 6.07) is -0.530. The van der Waals surface area contributed by atoms with Crippen LogP contribution in [0, 0.1) is 0 Å². The predicted molar refractivity (Wildman–Crippen MR) is 105 cm³/mol. The third kappa shape index (κ3) is 2.18. The zero-order valence-corrected chi connectivity index (χ0v) is 16.9. The highest BCUT2D eigenvalue weighted by molar-refractivity contribution is 8.04. The maximum Gasteiger partial charge on any atom is 0.430 e. The lowest BCUT2D eigenvalue weighted by molar-refractivity contribution is -0.344. The van der Waals surface area contributed by atoms with Gasteiger partial charge in [-0.05, 0) is 18.1 Å². The van der Waals surface area contributed by atoms with E-state index in [1.165, 1.54) is 0 Å². The van der Waals surface area contributed by atoms with Crippen molar-refractivity contribution in [3.05, 3.63) is 27.1 Å². The van der Waals surface area contributed by atoms with Crippen molar-refractivity contribution in [3.63, 3.8) is 0 Å². The molecule has 7 rings (SSSR count). The largest absolute Gasteiger partial charge is 0.542 e. The Hall–Kier alpha value is -2.86. The van der Waals surface area contributed by atoms with Gasteiger partial charge >= 0.3 is 6.18 Å². The Balaban J connectivity index is 0.000000247. The molecule has 1 aromatic carbocycles. The van der Waals surface area contributed by atoms with Crippen LogP contribution in [0.25, 0.3) is 5.57 Å². The van der Waals surface area contributed by atoms with Crippen molar-refractivity contribution in [2.24, 2.45) is 4.99 Å². The minimum absolute atomic E-state index is 0.00966. The number of aliphatic imine (C=N–C) groups is 1. The number of thioether (sulfide) groups is 1. The number of hydrogen-bond acceptors (Lipinski definition) is 8. The Morgan fingerprint density at radius 2 is 2.12 bits per heavy atom. The van der Waals surface area contributed by atoms with Gasteiger partial charge in [0.05, 0.1) is 27.3 Å². The van der Waals surface area contributed by atoms with Crippen LogP contribution < -0.4 is 25.6 Å². The summed E-state index contributed by atoms with van der Waals surface area (Å²) in [5.74, 6) is -2.84. The van der Waals surface area contributed by atoms with Crippen LogP contribution in [-0.4, -0.2) is 58.4 Å². The lowest BCUT2D eigenvalue weighted by atomic mass is 9.62. The number of carboxylic acids is 1. The molecule has 0 saturated carbocycles. The van der Waals surface area contributed by atoms with E-state index >= 15 is 0 Å². The third-order valence-corrected chi connectivity index (χ3v) is 8.21. The average Bonchev–Trinajstić information content (AvgIpc) is 3.26. The number of alkyl halides is 3. The Labute approximate surface area is 181 Å². The first-order chi connectivity index (χ1) is 15.1. The molecule has 1 aromatic rings. The van der Waals surface area contributed by atoms with Crippen molar-refractivity contribution in [3.8, 4) is 5.75 Å². The van der Waals surface area contributed by atoms with Gasteiger partial charge in [0.2, 0.25) is 17.2 Å². The normalized spacial score (nSPS) is 31.7. The number of carbonyl (C=O) groups excluding carboxylic acids is 2. The van der Waals surface area contributed by atoms with Gasteiger partial charge in [0.25, 0.3) is 0 Å². The van der Waals surface area contributed by atoms with Gasteiger partial charge in [-0.3, -0.25) is 9.79 Å². The minimum atomic E-state index is -5.19. The van der Waals surface area contributed by atoms with Crippen molar-refractivity contribution in [1.82, 2.24) is 4.58 Å². The minimum Gasteiger partial charge on any atom is -0.542 e. The molecule has 1 spiro atoms.